The monoisotopic (exact) mass is 508 g/mol. The minimum absolute atomic E-state index is 0.156. The van der Waals surface area contributed by atoms with Crippen molar-refractivity contribution in [3.8, 4) is 23.0 Å². The fourth-order valence-corrected chi connectivity index (χ4v) is 3.53. The Morgan fingerprint density at radius 1 is 1.00 bits per heavy atom. The van der Waals surface area contributed by atoms with Crippen LogP contribution < -0.4 is 18.4 Å². The Bertz CT molecular complexity index is 1120. The highest BCUT2D eigenvalue weighted by Gasteiger charge is 2.13. The quantitative estimate of drug-likeness (QED) is 0.163. The van der Waals surface area contributed by atoms with Gasteiger partial charge in [-0.15, -0.1) is 0 Å². The van der Waals surface area contributed by atoms with Crippen molar-refractivity contribution in [1.82, 2.24) is 0 Å². The van der Waals surface area contributed by atoms with E-state index in [0.29, 0.717) is 42.4 Å². The molecular formula is C25H32O9S. The maximum atomic E-state index is 11.4. The van der Waals surface area contributed by atoms with Crippen LogP contribution in [0.15, 0.2) is 42.2 Å². The number of carbonyl (C=O) groups is 1. The van der Waals surface area contributed by atoms with E-state index < -0.39 is 16.1 Å². The summed E-state index contributed by atoms with van der Waals surface area (Å²) in [6, 6.07) is 9.94. The standard InChI is InChI=1S/C25H32O9S/c1-5-7-13-32-23-15-18(16-24(25(26)27)31-6-2)8-11-21(23)33-14-12-19-9-10-20(17-22(19)30-3)34-35(4,28)29/h8-11,15-17H,5-7,12-14H2,1-4H3,(H,26,27). The van der Waals surface area contributed by atoms with E-state index in [-0.39, 0.29) is 18.1 Å². The molecule has 2 aromatic rings. The van der Waals surface area contributed by atoms with Crippen LogP contribution in [0.5, 0.6) is 23.0 Å². The van der Waals surface area contributed by atoms with E-state index in [1.165, 1.54) is 19.3 Å². The fourth-order valence-electron chi connectivity index (χ4n) is 3.07. The Morgan fingerprint density at radius 3 is 2.37 bits per heavy atom. The molecule has 0 aliphatic heterocycles. The van der Waals surface area contributed by atoms with Crippen LogP contribution in [0.25, 0.3) is 6.08 Å². The number of benzene rings is 2. The number of hydrogen-bond acceptors (Lipinski definition) is 8. The molecule has 0 saturated heterocycles. The number of hydrogen-bond donors (Lipinski definition) is 1. The molecule has 0 aliphatic carbocycles. The largest absolute Gasteiger partial charge is 0.496 e. The first kappa shape index (κ1) is 27.8. The van der Waals surface area contributed by atoms with Gasteiger partial charge in [-0.2, -0.15) is 8.42 Å². The van der Waals surface area contributed by atoms with Crippen molar-refractivity contribution < 1.29 is 41.4 Å². The van der Waals surface area contributed by atoms with E-state index in [1.807, 2.05) is 0 Å². The number of aliphatic carboxylic acids is 1. The zero-order valence-electron chi connectivity index (χ0n) is 20.4. The van der Waals surface area contributed by atoms with Gasteiger partial charge in [-0.25, -0.2) is 4.79 Å². The number of ether oxygens (including phenoxy) is 4. The lowest BCUT2D eigenvalue weighted by Gasteiger charge is -2.15. The van der Waals surface area contributed by atoms with E-state index >= 15 is 0 Å². The lowest BCUT2D eigenvalue weighted by Crippen LogP contribution is -2.08. The first-order chi connectivity index (χ1) is 16.7. The molecule has 0 heterocycles. The van der Waals surface area contributed by atoms with Crippen LogP contribution in [0.1, 0.15) is 37.8 Å². The lowest BCUT2D eigenvalue weighted by atomic mass is 10.1. The minimum atomic E-state index is -3.64. The second-order valence-electron chi connectivity index (χ2n) is 7.51. The summed E-state index contributed by atoms with van der Waals surface area (Å²) in [5, 5.41) is 9.31. The predicted molar refractivity (Wildman–Crippen MR) is 132 cm³/mol. The van der Waals surface area contributed by atoms with Crippen molar-refractivity contribution in [2.75, 3.05) is 33.2 Å². The van der Waals surface area contributed by atoms with E-state index in [9.17, 15) is 18.3 Å². The average Bonchev–Trinajstić information content (AvgIpc) is 2.79. The van der Waals surface area contributed by atoms with Crippen molar-refractivity contribution in [3.63, 3.8) is 0 Å². The molecule has 0 aliphatic rings. The highest BCUT2D eigenvalue weighted by Crippen LogP contribution is 2.31. The number of methoxy groups -OCH3 is 1. The third-order valence-electron chi connectivity index (χ3n) is 4.67. The zero-order valence-corrected chi connectivity index (χ0v) is 21.2. The number of carboxylic acid groups (broad SMARTS) is 1. The SMILES string of the molecule is CCCCOc1cc(C=C(OCC)C(=O)O)ccc1OCCc1ccc(OS(C)(=O)=O)cc1OC. The van der Waals surface area contributed by atoms with Gasteiger partial charge >= 0.3 is 16.1 Å². The number of carboxylic acids is 1. The number of unbranched alkanes of at least 4 members (excludes halogenated alkanes) is 1. The zero-order chi connectivity index (χ0) is 25.8. The summed E-state index contributed by atoms with van der Waals surface area (Å²) in [6.45, 7) is 4.80. The van der Waals surface area contributed by atoms with Gasteiger partial charge in [0.15, 0.2) is 11.5 Å². The van der Waals surface area contributed by atoms with Crippen molar-refractivity contribution in [3.05, 3.63) is 53.3 Å². The molecular weight excluding hydrogens is 476 g/mol. The topological polar surface area (TPSA) is 118 Å². The first-order valence-electron chi connectivity index (χ1n) is 11.2. The summed E-state index contributed by atoms with van der Waals surface area (Å²) in [6.07, 6.45) is 4.71. The van der Waals surface area contributed by atoms with Gasteiger partial charge < -0.3 is 28.2 Å². The molecule has 0 saturated carbocycles. The van der Waals surface area contributed by atoms with Gasteiger partial charge in [0.1, 0.15) is 11.5 Å². The van der Waals surface area contributed by atoms with Crippen molar-refractivity contribution >= 4 is 22.2 Å². The summed E-state index contributed by atoms with van der Waals surface area (Å²) in [4.78, 5) is 11.4. The minimum Gasteiger partial charge on any atom is -0.496 e. The number of rotatable bonds is 15. The van der Waals surface area contributed by atoms with Crippen LogP contribution in [0.4, 0.5) is 0 Å². The van der Waals surface area contributed by atoms with Crippen molar-refractivity contribution in [2.24, 2.45) is 0 Å². The van der Waals surface area contributed by atoms with Gasteiger partial charge in [0.05, 0.1) is 33.2 Å². The van der Waals surface area contributed by atoms with Gasteiger partial charge in [-0.3, -0.25) is 0 Å². The summed E-state index contributed by atoms with van der Waals surface area (Å²) in [7, 11) is -2.15. The Hall–Kier alpha value is -3.40. The summed E-state index contributed by atoms with van der Waals surface area (Å²) < 4.78 is 50.0. The molecule has 0 radical (unpaired) electrons. The maximum absolute atomic E-state index is 11.4. The molecule has 192 valence electrons. The third kappa shape index (κ3) is 9.40. The first-order valence-corrected chi connectivity index (χ1v) is 13.0. The third-order valence-corrected chi connectivity index (χ3v) is 5.16. The van der Waals surface area contributed by atoms with E-state index in [4.69, 9.17) is 23.1 Å². The van der Waals surface area contributed by atoms with Crippen LogP contribution in [0.3, 0.4) is 0 Å². The fraction of sp³-hybridized carbons (Fsp3) is 0.400. The molecule has 0 aromatic heterocycles. The Labute approximate surface area is 206 Å². The van der Waals surface area contributed by atoms with Gasteiger partial charge in [0, 0.05) is 12.5 Å². The van der Waals surface area contributed by atoms with Crippen LogP contribution in [0.2, 0.25) is 0 Å². The molecule has 0 fully saturated rings. The second kappa shape index (κ2) is 13.5. The maximum Gasteiger partial charge on any atom is 0.371 e. The molecule has 2 aromatic carbocycles. The molecule has 0 atom stereocenters. The van der Waals surface area contributed by atoms with Gasteiger partial charge in [-0.05, 0) is 48.7 Å². The Morgan fingerprint density at radius 2 is 1.74 bits per heavy atom. The molecule has 0 bridgehead atoms. The Balaban J connectivity index is 2.18. The summed E-state index contributed by atoms with van der Waals surface area (Å²) in [5.41, 5.74) is 1.42. The molecule has 0 amide bonds. The summed E-state index contributed by atoms with van der Waals surface area (Å²) in [5.74, 6) is 0.349. The van der Waals surface area contributed by atoms with Crippen molar-refractivity contribution in [2.45, 2.75) is 33.1 Å². The Kier molecular flexibility index (Phi) is 10.7. The highest BCUT2D eigenvalue weighted by molar-refractivity contribution is 7.86. The smallest absolute Gasteiger partial charge is 0.371 e. The van der Waals surface area contributed by atoms with Crippen LogP contribution >= 0.6 is 0 Å². The molecule has 0 spiro atoms. The van der Waals surface area contributed by atoms with Crippen LogP contribution in [-0.2, 0) is 26.1 Å². The molecule has 2 rings (SSSR count). The van der Waals surface area contributed by atoms with E-state index in [0.717, 1.165) is 24.7 Å². The van der Waals surface area contributed by atoms with Crippen LogP contribution in [-0.4, -0.2) is 52.7 Å². The average molecular weight is 509 g/mol. The molecule has 1 N–H and O–H groups in total. The molecule has 0 unspecified atom stereocenters. The van der Waals surface area contributed by atoms with Gasteiger partial charge in [-0.1, -0.05) is 25.5 Å². The van der Waals surface area contributed by atoms with Crippen LogP contribution in [0, 0.1) is 0 Å². The molecule has 9 nitrogen and oxygen atoms in total. The van der Waals surface area contributed by atoms with Gasteiger partial charge in [0.2, 0.25) is 5.76 Å². The molecule has 10 heteroatoms. The predicted octanol–water partition coefficient (Wildman–Crippen LogP) is 4.30. The van der Waals surface area contributed by atoms with Crippen molar-refractivity contribution in [1.29, 1.82) is 0 Å². The highest BCUT2D eigenvalue weighted by atomic mass is 32.2. The normalized spacial score (nSPS) is 11.6. The summed E-state index contributed by atoms with van der Waals surface area (Å²) >= 11 is 0. The van der Waals surface area contributed by atoms with Gasteiger partial charge in [0.25, 0.3) is 0 Å². The second-order valence-corrected chi connectivity index (χ2v) is 9.09. The lowest BCUT2D eigenvalue weighted by molar-refractivity contribution is -0.136. The molecule has 35 heavy (non-hydrogen) atoms. The van der Waals surface area contributed by atoms with E-state index in [2.05, 4.69) is 6.92 Å². The van der Waals surface area contributed by atoms with E-state index in [1.54, 1.807) is 37.3 Å².